The van der Waals surface area contributed by atoms with E-state index in [1.165, 1.54) is 0 Å². The molecule has 1 atom stereocenters. The molecule has 2 aromatic rings. The molecule has 1 unspecified atom stereocenters. The fraction of sp³-hybridized carbons (Fsp3) is 0.526. The average Bonchev–Trinajstić information content (AvgIpc) is 2.71. The number of amides is 2. The Hall–Kier alpha value is -2.56. The van der Waals surface area contributed by atoms with Crippen molar-refractivity contribution in [3.8, 4) is 0 Å². The molecule has 0 radical (unpaired) electrons. The van der Waals surface area contributed by atoms with Gasteiger partial charge in [0, 0.05) is 31.9 Å². The Labute approximate surface area is 179 Å². The number of carbonyl (C=O) groups is 2. The Balaban J connectivity index is 0.00000320. The Bertz CT molecular complexity index is 935. The van der Waals surface area contributed by atoms with E-state index in [1.54, 1.807) is 18.2 Å². The number of fused-ring (bicyclic) bond motifs is 1. The first-order valence-corrected chi connectivity index (χ1v) is 9.85. The van der Waals surface area contributed by atoms with Crippen molar-refractivity contribution in [2.45, 2.75) is 38.1 Å². The fourth-order valence-electron chi connectivity index (χ4n) is 3.21. The molecule has 30 heavy (non-hydrogen) atoms. The van der Waals surface area contributed by atoms with E-state index in [2.05, 4.69) is 20.9 Å². The number of imide groups is 1. The van der Waals surface area contributed by atoms with Crippen LogP contribution in [0.2, 0.25) is 0 Å². The number of hydrogen-bond donors (Lipinski definition) is 3. The van der Waals surface area contributed by atoms with Crippen molar-refractivity contribution >= 4 is 40.8 Å². The van der Waals surface area contributed by atoms with Crippen molar-refractivity contribution in [3.05, 3.63) is 28.6 Å². The Morgan fingerprint density at radius 3 is 2.77 bits per heavy atom. The molecule has 2 amide bonds. The van der Waals surface area contributed by atoms with Crippen molar-refractivity contribution in [3.63, 3.8) is 0 Å². The maximum absolute atomic E-state index is 13.0. The highest BCUT2D eigenvalue weighted by Crippen LogP contribution is 2.20. The predicted molar refractivity (Wildman–Crippen MR) is 115 cm³/mol. The largest absolute Gasteiger partial charge is 0.384 e. The third kappa shape index (κ3) is 5.74. The number of anilines is 1. The first-order chi connectivity index (χ1) is 14.1. The number of hydrogen-bond acceptors (Lipinski definition) is 8. The number of aromatic nitrogens is 3. The van der Waals surface area contributed by atoms with Gasteiger partial charge in [-0.05, 0) is 44.4 Å². The SMILES string of the molecule is Cl.NCCCOCCCCNc1cccc2nnn(C3CCC(=O)NC3=O)c(=O)c12. The molecule has 1 fully saturated rings. The summed E-state index contributed by atoms with van der Waals surface area (Å²) in [5.74, 6) is -0.875. The Kier molecular flexibility index (Phi) is 9.15. The molecule has 164 valence electrons. The van der Waals surface area contributed by atoms with Gasteiger partial charge in [-0.25, -0.2) is 0 Å². The van der Waals surface area contributed by atoms with Crippen LogP contribution in [0.1, 0.15) is 38.1 Å². The van der Waals surface area contributed by atoms with Crippen LogP contribution in [0.3, 0.4) is 0 Å². The molecule has 0 bridgehead atoms. The quantitative estimate of drug-likeness (QED) is 0.364. The van der Waals surface area contributed by atoms with E-state index in [1.807, 2.05) is 0 Å². The minimum absolute atomic E-state index is 0. The third-order valence-electron chi connectivity index (χ3n) is 4.74. The second-order valence-electron chi connectivity index (χ2n) is 6.89. The summed E-state index contributed by atoms with van der Waals surface area (Å²) in [4.78, 5) is 36.5. The lowest BCUT2D eigenvalue weighted by Crippen LogP contribution is -2.45. The van der Waals surface area contributed by atoms with Gasteiger partial charge in [-0.1, -0.05) is 11.3 Å². The molecule has 10 nitrogen and oxygen atoms in total. The number of nitrogens with zero attached hydrogens (tertiary/aromatic N) is 3. The minimum Gasteiger partial charge on any atom is -0.384 e. The van der Waals surface area contributed by atoms with E-state index in [0.717, 1.165) is 23.9 Å². The van der Waals surface area contributed by atoms with Crippen LogP contribution in [0.4, 0.5) is 5.69 Å². The number of benzene rings is 1. The summed E-state index contributed by atoms with van der Waals surface area (Å²) in [5.41, 5.74) is 6.11. The summed E-state index contributed by atoms with van der Waals surface area (Å²) in [5, 5.41) is 13.9. The second kappa shape index (κ2) is 11.6. The van der Waals surface area contributed by atoms with Crippen LogP contribution < -0.4 is 21.9 Å². The molecular weight excluding hydrogens is 412 g/mol. The summed E-state index contributed by atoms with van der Waals surface area (Å²) >= 11 is 0. The van der Waals surface area contributed by atoms with E-state index in [-0.39, 0.29) is 31.2 Å². The fourth-order valence-corrected chi connectivity index (χ4v) is 3.21. The number of nitrogens with one attached hydrogen (secondary N) is 2. The normalized spacial score (nSPS) is 16.2. The van der Waals surface area contributed by atoms with Gasteiger partial charge >= 0.3 is 0 Å². The zero-order valence-electron chi connectivity index (χ0n) is 16.6. The summed E-state index contributed by atoms with van der Waals surface area (Å²) in [6.45, 7) is 2.64. The van der Waals surface area contributed by atoms with Crippen LogP contribution in [0.15, 0.2) is 23.0 Å². The van der Waals surface area contributed by atoms with Gasteiger partial charge in [0.15, 0.2) is 0 Å². The van der Waals surface area contributed by atoms with Crippen molar-refractivity contribution in [2.75, 3.05) is 31.6 Å². The van der Waals surface area contributed by atoms with E-state index < -0.39 is 17.5 Å². The summed E-state index contributed by atoms with van der Waals surface area (Å²) in [7, 11) is 0. The molecule has 1 aromatic heterocycles. The number of piperidine rings is 1. The topological polar surface area (TPSA) is 141 Å². The highest BCUT2D eigenvalue weighted by molar-refractivity contribution is 5.99. The van der Waals surface area contributed by atoms with Crippen molar-refractivity contribution in [1.29, 1.82) is 0 Å². The van der Waals surface area contributed by atoms with E-state index in [4.69, 9.17) is 10.5 Å². The highest BCUT2D eigenvalue weighted by Gasteiger charge is 2.30. The van der Waals surface area contributed by atoms with Gasteiger partial charge in [0.25, 0.3) is 11.5 Å². The summed E-state index contributed by atoms with van der Waals surface area (Å²) in [6, 6.07) is 4.47. The smallest absolute Gasteiger partial charge is 0.280 e. The highest BCUT2D eigenvalue weighted by atomic mass is 35.5. The third-order valence-corrected chi connectivity index (χ3v) is 4.74. The van der Waals surface area contributed by atoms with Crippen LogP contribution >= 0.6 is 12.4 Å². The number of carbonyl (C=O) groups excluding carboxylic acids is 2. The molecule has 0 aliphatic carbocycles. The molecule has 1 aromatic carbocycles. The number of nitrogens with two attached hydrogens (primary N) is 1. The predicted octanol–water partition coefficient (Wildman–Crippen LogP) is 0.749. The van der Waals surface area contributed by atoms with Gasteiger partial charge in [-0.2, -0.15) is 4.68 Å². The van der Waals surface area contributed by atoms with Crippen molar-refractivity contribution < 1.29 is 14.3 Å². The standard InChI is InChI=1S/C19H26N6O4.ClH/c20-9-4-12-29-11-2-1-10-21-13-5-3-6-14-17(13)19(28)25(24-23-14)15-7-8-16(26)22-18(15)27;/h3,5-6,15,21H,1-2,4,7-12,20H2,(H,22,26,27);1H. The van der Waals surface area contributed by atoms with Gasteiger partial charge in [0.05, 0.1) is 5.39 Å². The molecule has 11 heteroatoms. The maximum Gasteiger partial charge on any atom is 0.280 e. The molecular formula is C19H27ClN6O4. The molecule has 1 aliphatic rings. The summed E-state index contributed by atoms with van der Waals surface area (Å²) < 4.78 is 6.55. The molecule has 2 heterocycles. The molecule has 4 N–H and O–H groups in total. The monoisotopic (exact) mass is 438 g/mol. The Morgan fingerprint density at radius 2 is 2.00 bits per heavy atom. The molecule has 0 spiro atoms. The van der Waals surface area contributed by atoms with Crippen LogP contribution in [0, 0.1) is 0 Å². The lowest BCUT2D eigenvalue weighted by atomic mass is 10.1. The van der Waals surface area contributed by atoms with Gasteiger partial charge in [-0.15, -0.1) is 17.5 Å². The first-order valence-electron chi connectivity index (χ1n) is 9.85. The molecule has 1 saturated heterocycles. The van der Waals surface area contributed by atoms with Gasteiger partial charge in [-0.3, -0.25) is 19.7 Å². The van der Waals surface area contributed by atoms with Crippen LogP contribution in [0.25, 0.3) is 10.9 Å². The number of ether oxygens (including phenoxy) is 1. The van der Waals surface area contributed by atoms with E-state index >= 15 is 0 Å². The number of unbranched alkanes of at least 4 members (excludes halogenated alkanes) is 1. The average molecular weight is 439 g/mol. The number of rotatable bonds is 10. The van der Waals surface area contributed by atoms with Gasteiger partial charge < -0.3 is 15.8 Å². The number of halogens is 1. The van der Waals surface area contributed by atoms with Crippen molar-refractivity contribution in [1.82, 2.24) is 20.3 Å². The van der Waals surface area contributed by atoms with Crippen molar-refractivity contribution in [2.24, 2.45) is 5.73 Å². The first kappa shape index (κ1) is 23.7. The molecule has 3 rings (SSSR count). The second-order valence-corrected chi connectivity index (χ2v) is 6.89. The molecule has 0 saturated carbocycles. The molecule has 1 aliphatic heterocycles. The summed E-state index contributed by atoms with van der Waals surface area (Å²) in [6.07, 6.45) is 3.01. The van der Waals surface area contributed by atoms with Gasteiger partial charge in [0.2, 0.25) is 5.91 Å². The van der Waals surface area contributed by atoms with Crippen LogP contribution in [-0.2, 0) is 14.3 Å². The minimum atomic E-state index is -0.837. The van der Waals surface area contributed by atoms with E-state index in [9.17, 15) is 14.4 Å². The van der Waals surface area contributed by atoms with Crippen LogP contribution in [-0.4, -0.2) is 53.1 Å². The Morgan fingerprint density at radius 1 is 1.20 bits per heavy atom. The lowest BCUT2D eigenvalue weighted by Gasteiger charge is -2.21. The van der Waals surface area contributed by atoms with Gasteiger partial charge in [0.1, 0.15) is 11.6 Å². The zero-order chi connectivity index (χ0) is 20.6. The lowest BCUT2D eigenvalue weighted by molar-refractivity contribution is -0.136. The zero-order valence-corrected chi connectivity index (χ0v) is 17.5. The maximum atomic E-state index is 13.0. The van der Waals surface area contributed by atoms with Crippen LogP contribution in [0.5, 0.6) is 0 Å². The van der Waals surface area contributed by atoms with E-state index in [0.29, 0.717) is 42.9 Å².